The van der Waals surface area contributed by atoms with Gasteiger partial charge in [-0.25, -0.2) is 4.79 Å². The number of hydrogen-bond acceptors (Lipinski definition) is 7. The second-order valence-corrected chi connectivity index (χ2v) is 6.81. The summed E-state index contributed by atoms with van der Waals surface area (Å²) in [6, 6.07) is -4.75. The lowest BCUT2D eigenvalue weighted by molar-refractivity contribution is -0.143. The molecular formula is C17H31N5O7. The molecular weight excluding hydrogens is 386 g/mol. The minimum absolute atomic E-state index is 0.108. The van der Waals surface area contributed by atoms with Crippen molar-refractivity contribution in [2.75, 3.05) is 6.61 Å². The number of nitrogens with two attached hydrogens (primary N) is 2. The highest BCUT2D eigenvalue weighted by Gasteiger charge is 2.32. The summed E-state index contributed by atoms with van der Waals surface area (Å²) in [6.45, 7) is 4.02. The van der Waals surface area contributed by atoms with Crippen LogP contribution in [0.15, 0.2) is 0 Å². The predicted octanol–water partition coefficient (Wildman–Crippen LogP) is -2.82. The maximum atomic E-state index is 12.7. The summed E-state index contributed by atoms with van der Waals surface area (Å²) in [5.41, 5.74) is 10.6. The molecule has 0 aliphatic heterocycles. The molecule has 0 saturated heterocycles. The monoisotopic (exact) mass is 417 g/mol. The Bertz CT molecular complexity index is 611. The van der Waals surface area contributed by atoms with Gasteiger partial charge in [0, 0.05) is 6.42 Å². The van der Waals surface area contributed by atoms with E-state index in [0.29, 0.717) is 6.42 Å². The van der Waals surface area contributed by atoms with Gasteiger partial charge in [0.15, 0.2) is 0 Å². The molecule has 5 atom stereocenters. The first-order valence-electron chi connectivity index (χ1n) is 9.23. The van der Waals surface area contributed by atoms with E-state index in [1.165, 1.54) is 6.92 Å². The molecule has 0 spiro atoms. The first kappa shape index (κ1) is 26.3. The lowest BCUT2D eigenvalue weighted by Crippen LogP contribution is -2.59. The largest absolute Gasteiger partial charge is 0.480 e. The first-order chi connectivity index (χ1) is 13.4. The Hall–Kier alpha value is -2.73. The molecule has 0 bridgehead atoms. The lowest BCUT2D eigenvalue weighted by Gasteiger charge is -2.27. The van der Waals surface area contributed by atoms with Crippen LogP contribution in [0, 0.1) is 5.92 Å². The highest BCUT2D eigenvalue weighted by atomic mass is 16.4. The second kappa shape index (κ2) is 12.7. The Labute approximate surface area is 168 Å². The molecule has 4 amide bonds. The van der Waals surface area contributed by atoms with E-state index in [-0.39, 0.29) is 12.8 Å². The molecule has 0 aromatic heterocycles. The van der Waals surface area contributed by atoms with Gasteiger partial charge in [-0.2, -0.15) is 0 Å². The molecule has 0 rings (SSSR count). The number of carboxylic acids is 1. The number of amides is 4. The summed E-state index contributed by atoms with van der Waals surface area (Å²) in [7, 11) is 0. The van der Waals surface area contributed by atoms with Crippen molar-refractivity contribution in [3.8, 4) is 0 Å². The maximum absolute atomic E-state index is 12.7. The fourth-order valence-corrected chi connectivity index (χ4v) is 2.26. The minimum atomic E-state index is -1.53. The summed E-state index contributed by atoms with van der Waals surface area (Å²) >= 11 is 0. The second-order valence-electron chi connectivity index (χ2n) is 6.81. The third-order valence-electron chi connectivity index (χ3n) is 4.32. The van der Waals surface area contributed by atoms with Gasteiger partial charge >= 0.3 is 5.97 Å². The standard InChI is InChI=1S/C17H31N5O7/c1-4-8(2)13(16(27)21-11(7-23)17(28)29)22-15(26)10(5-6-12(19)24)20-14(25)9(3)18/h8-11,13,23H,4-7,18H2,1-3H3,(H2,19,24)(H,20,25)(H,21,27)(H,22,26)(H,28,29). The third kappa shape index (κ3) is 9.34. The van der Waals surface area contributed by atoms with Gasteiger partial charge in [-0.1, -0.05) is 20.3 Å². The van der Waals surface area contributed by atoms with Gasteiger partial charge in [-0.15, -0.1) is 0 Å². The van der Waals surface area contributed by atoms with Crippen molar-refractivity contribution in [1.29, 1.82) is 0 Å². The van der Waals surface area contributed by atoms with E-state index in [1.807, 2.05) is 0 Å². The smallest absolute Gasteiger partial charge is 0.328 e. The van der Waals surface area contributed by atoms with Crippen molar-refractivity contribution in [2.24, 2.45) is 17.4 Å². The molecule has 0 aliphatic rings. The Morgan fingerprint density at radius 1 is 0.931 bits per heavy atom. The summed E-state index contributed by atoms with van der Waals surface area (Å²) in [4.78, 5) is 59.1. The van der Waals surface area contributed by atoms with Crippen molar-refractivity contribution in [2.45, 2.75) is 64.2 Å². The molecule has 29 heavy (non-hydrogen) atoms. The zero-order chi connectivity index (χ0) is 22.7. The number of hydrogen-bond donors (Lipinski definition) is 7. The highest BCUT2D eigenvalue weighted by Crippen LogP contribution is 2.10. The summed E-state index contributed by atoms with van der Waals surface area (Å²) in [6.07, 6.45) is 0.166. The molecule has 9 N–H and O–H groups in total. The van der Waals surface area contributed by atoms with Crippen LogP contribution in [0.25, 0.3) is 0 Å². The van der Waals surface area contributed by atoms with Gasteiger partial charge in [0.05, 0.1) is 12.6 Å². The van der Waals surface area contributed by atoms with Crippen LogP contribution in [-0.2, 0) is 24.0 Å². The molecule has 12 heteroatoms. The van der Waals surface area contributed by atoms with Crippen LogP contribution in [0.3, 0.4) is 0 Å². The zero-order valence-corrected chi connectivity index (χ0v) is 16.8. The minimum Gasteiger partial charge on any atom is -0.480 e. The Morgan fingerprint density at radius 2 is 1.48 bits per heavy atom. The van der Waals surface area contributed by atoms with Gasteiger partial charge < -0.3 is 37.6 Å². The van der Waals surface area contributed by atoms with E-state index in [1.54, 1.807) is 13.8 Å². The van der Waals surface area contributed by atoms with E-state index in [4.69, 9.17) is 21.7 Å². The van der Waals surface area contributed by atoms with Gasteiger partial charge in [0.2, 0.25) is 23.6 Å². The van der Waals surface area contributed by atoms with Gasteiger partial charge in [-0.05, 0) is 19.3 Å². The Kier molecular flexibility index (Phi) is 11.5. The van der Waals surface area contributed by atoms with Crippen LogP contribution in [0.2, 0.25) is 0 Å². The maximum Gasteiger partial charge on any atom is 0.328 e. The van der Waals surface area contributed by atoms with E-state index in [2.05, 4.69) is 16.0 Å². The van der Waals surface area contributed by atoms with Crippen molar-refractivity contribution in [3.63, 3.8) is 0 Å². The van der Waals surface area contributed by atoms with Crippen molar-refractivity contribution >= 4 is 29.6 Å². The lowest BCUT2D eigenvalue weighted by atomic mass is 9.97. The fraction of sp³-hybridized carbons (Fsp3) is 0.706. The Balaban J connectivity index is 5.43. The van der Waals surface area contributed by atoms with E-state index < -0.39 is 66.3 Å². The van der Waals surface area contributed by atoms with Gasteiger partial charge in [0.1, 0.15) is 18.1 Å². The number of primary amides is 1. The molecule has 0 aliphatic carbocycles. The molecule has 12 nitrogen and oxygen atoms in total. The number of rotatable bonds is 13. The number of aliphatic carboxylic acids is 1. The number of carbonyl (C=O) groups excluding carboxylic acids is 4. The average Bonchev–Trinajstić information content (AvgIpc) is 2.65. The van der Waals surface area contributed by atoms with Crippen LogP contribution in [-0.4, -0.2) is 70.6 Å². The normalized spacial score (nSPS) is 15.9. The molecule has 0 aromatic rings. The highest BCUT2D eigenvalue weighted by molar-refractivity contribution is 5.94. The van der Waals surface area contributed by atoms with Crippen LogP contribution in [0.4, 0.5) is 0 Å². The first-order valence-corrected chi connectivity index (χ1v) is 9.23. The van der Waals surface area contributed by atoms with Crippen LogP contribution in [0.5, 0.6) is 0 Å². The fourth-order valence-electron chi connectivity index (χ4n) is 2.26. The van der Waals surface area contributed by atoms with Gasteiger partial charge in [0.25, 0.3) is 0 Å². The van der Waals surface area contributed by atoms with Crippen LogP contribution >= 0.6 is 0 Å². The number of carboxylic acid groups (broad SMARTS) is 1. The number of aliphatic hydroxyl groups is 1. The Morgan fingerprint density at radius 3 is 1.90 bits per heavy atom. The SMILES string of the molecule is CCC(C)C(NC(=O)C(CCC(N)=O)NC(=O)C(C)N)C(=O)NC(CO)C(=O)O. The van der Waals surface area contributed by atoms with E-state index >= 15 is 0 Å². The van der Waals surface area contributed by atoms with E-state index in [9.17, 15) is 24.0 Å². The summed E-state index contributed by atoms with van der Waals surface area (Å²) < 4.78 is 0. The molecule has 0 radical (unpaired) electrons. The molecule has 0 heterocycles. The van der Waals surface area contributed by atoms with Gasteiger partial charge in [-0.3, -0.25) is 19.2 Å². The van der Waals surface area contributed by atoms with Crippen molar-refractivity contribution < 1.29 is 34.2 Å². The predicted molar refractivity (Wildman–Crippen MR) is 102 cm³/mol. The van der Waals surface area contributed by atoms with Crippen LogP contribution in [0.1, 0.15) is 40.0 Å². The number of aliphatic hydroxyl groups excluding tert-OH is 1. The van der Waals surface area contributed by atoms with E-state index in [0.717, 1.165) is 0 Å². The van der Waals surface area contributed by atoms with Crippen molar-refractivity contribution in [1.82, 2.24) is 16.0 Å². The zero-order valence-electron chi connectivity index (χ0n) is 16.8. The number of carbonyl (C=O) groups is 5. The molecule has 0 aromatic carbocycles. The quantitative estimate of drug-likeness (QED) is 0.165. The molecule has 5 unspecified atom stereocenters. The van der Waals surface area contributed by atoms with Crippen molar-refractivity contribution in [3.05, 3.63) is 0 Å². The molecule has 0 saturated carbocycles. The van der Waals surface area contributed by atoms with Crippen LogP contribution < -0.4 is 27.4 Å². The summed E-state index contributed by atoms with van der Waals surface area (Å²) in [5.74, 6) is -4.70. The third-order valence-corrected chi connectivity index (χ3v) is 4.32. The summed E-state index contributed by atoms with van der Waals surface area (Å²) in [5, 5.41) is 25.1. The number of nitrogens with one attached hydrogen (secondary N) is 3. The molecule has 166 valence electrons. The topological polar surface area (TPSA) is 214 Å². The molecule has 0 fully saturated rings. The average molecular weight is 417 g/mol.